The Balaban J connectivity index is 1.80. The smallest absolute Gasteiger partial charge is 0.303 e. The Labute approximate surface area is 157 Å². The van der Waals surface area contributed by atoms with Crippen molar-refractivity contribution >= 4 is 11.9 Å². The van der Waals surface area contributed by atoms with E-state index in [1.54, 1.807) is 30.2 Å². The molecule has 0 saturated carbocycles. The third-order valence-corrected chi connectivity index (χ3v) is 4.59. The van der Waals surface area contributed by atoms with Crippen molar-refractivity contribution in [3.8, 4) is 11.5 Å². The van der Waals surface area contributed by atoms with Gasteiger partial charge in [0.2, 0.25) is 0 Å². The van der Waals surface area contributed by atoms with E-state index in [4.69, 9.17) is 14.6 Å². The van der Waals surface area contributed by atoms with Crippen molar-refractivity contribution < 1.29 is 24.2 Å². The lowest BCUT2D eigenvalue weighted by molar-refractivity contribution is -0.136. The van der Waals surface area contributed by atoms with Crippen LogP contribution in [0.3, 0.4) is 0 Å². The van der Waals surface area contributed by atoms with Crippen molar-refractivity contribution in [2.45, 2.75) is 32.4 Å². The van der Waals surface area contributed by atoms with Crippen molar-refractivity contribution in [3.63, 3.8) is 0 Å². The molecule has 1 amide bonds. The first-order chi connectivity index (χ1) is 13.0. The Kier molecular flexibility index (Phi) is 5.63. The third kappa shape index (κ3) is 4.21. The number of rotatable bonds is 6. The largest absolute Gasteiger partial charge is 0.497 e. The highest BCUT2D eigenvalue weighted by Crippen LogP contribution is 2.27. The molecule has 0 aliphatic carbocycles. The van der Waals surface area contributed by atoms with Gasteiger partial charge in [-0.1, -0.05) is 0 Å². The number of carboxylic acids is 1. The molecule has 0 unspecified atom stereocenters. The van der Waals surface area contributed by atoms with Crippen LogP contribution in [-0.4, -0.2) is 52.4 Å². The maximum Gasteiger partial charge on any atom is 0.303 e. The van der Waals surface area contributed by atoms with Gasteiger partial charge in [0.05, 0.1) is 44.1 Å². The Hall–Kier alpha value is -3.03. The van der Waals surface area contributed by atoms with Crippen LogP contribution in [0.4, 0.5) is 0 Å². The summed E-state index contributed by atoms with van der Waals surface area (Å²) < 4.78 is 12.4. The molecule has 1 N–H and O–H groups in total. The average molecular weight is 373 g/mol. The minimum atomic E-state index is -0.846. The molecule has 0 radical (unpaired) electrons. The molecule has 2 heterocycles. The Bertz CT molecular complexity index is 846. The fourth-order valence-electron chi connectivity index (χ4n) is 3.20. The SMILES string of the molecule is COc1ccc(C(=O)N2CCCn3nc(CCC(=O)O)cc3C2)c(OC)c1. The number of aliphatic carboxylic acids is 1. The van der Waals surface area contributed by atoms with E-state index < -0.39 is 5.97 Å². The van der Waals surface area contributed by atoms with Crippen LogP contribution < -0.4 is 9.47 Å². The second-order valence-corrected chi connectivity index (χ2v) is 6.39. The molecule has 0 fully saturated rings. The summed E-state index contributed by atoms with van der Waals surface area (Å²) in [5.41, 5.74) is 2.13. The van der Waals surface area contributed by atoms with E-state index >= 15 is 0 Å². The minimum absolute atomic E-state index is 0.0438. The van der Waals surface area contributed by atoms with E-state index in [-0.39, 0.29) is 12.3 Å². The molecule has 27 heavy (non-hydrogen) atoms. The van der Waals surface area contributed by atoms with Crippen LogP contribution in [0.25, 0.3) is 0 Å². The number of aryl methyl sites for hydroxylation is 2. The Morgan fingerprint density at radius 3 is 2.70 bits per heavy atom. The maximum absolute atomic E-state index is 13.1. The van der Waals surface area contributed by atoms with Crippen molar-refractivity contribution in [3.05, 3.63) is 41.2 Å². The second kappa shape index (κ2) is 8.11. The lowest BCUT2D eigenvalue weighted by Gasteiger charge is -2.21. The van der Waals surface area contributed by atoms with Gasteiger partial charge < -0.3 is 19.5 Å². The van der Waals surface area contributed by atoms with Gasteiger partial charge in [-0.3, -0.25) is 14.3 Å². The van der Waals surface area contributed by atoms with Gasteiger partial charge in [-0.25, -0.2) is 0 Å². The molecule has 3 rings (SSSR count). The number of hydrogen-bond donors (Lipinski definition) is 1. The number of aromatic nitrogens is 2. The van der Waals surface area contributed by atoms with Crippen LogP contribution in [0.1, 0.15) is 34.6 Å². The van der Waals surface area contributed by atoms with Gasteiger partial charge in [0.1, 0.15) is 11.5 Å². The molecule has 8 nitrogen and oxygen atoms in total. The van der Waals surface area contributed by atoms with Crippen molar-refractivity contribution in [1.82, 2.24) is 14.7 Å². The summed E-state index contributed by atoms with van der Waals surface area (Å²) in [6, 6.07) is 7.03. The summed E-state index contributed by atoms with van der Waals surface area (Å²) in [4.78, 5) is 25.6. The molecule has 8 heteroatoms. The standard InChI is InChI=1S/C19H23N3O5/c1-26-15-5-6-16(17(11-15)27-2)19(25)21-8-3-9-22-14(12-21)10-13(20-22)4-7-18(23)24/h5-6,10-11H,3-4,7-9,12H2,1-2H3,(H,23,24). The summed E-state index contributed by atoms with van der Waals surface area (Å²) in [6.07, 6.45) is 1.20. The molecule has 1 aliphatic heterocycles. The van der Waals surface area contributed by atoms with Gasteiger partial charge in [-0.05, 0) is 24.6 Å². The summed E-state index contributed by atoms with van der Waals surface area (Å²) in [7, 11) is 3.09. The van der Waals surface area contributed by atoms with E-state index in [1.165, 1.54) is 7.11 Å². The van der Waals surface area contributed by atoms with E-state index in [1.807, 2.05) is 10.7 Å². The fraction of sp³-hybridized carbons (Fsp3) is 0.421. The number of nitrogens with zero attached hydrogens (tertiary/aromatic N) is 3. The molecule has 1 aromatic heterocycles. The number of hydrogen-bond acceptors (Lipinski definition) is 5. The zero-order chi connectivity index (χ0) is 19.4. The van der Waals surface area contributed by atoms with Gasteiger partial charge >= 0.3 is 5.97 Å². The van der Waals surface area contributed by atoms with Crippen molar-refractivity contribution in [2.24, 2.45) is 0 Å². The quantitative estimate of drug-likeness (QED) is 0.832. The number of carbonyl (C=O) groups excluding carboxylic acids is 1. The monoisotopic (exact) mass is 373 g/mol. The van der Waals surface area contributed by atoms with Gasteiger partial charge in [-0.2, -0.15) is 5.10 Å². The summed E-state index contributed by atoms with van der Waals surface area (Å²) in [5, 5.41) is 13.3. The molecule has 0 spiro atoms. The van der Waals surface area contributed by atoms with E-state index in [0.29, 0.717) is 43.1 Å². The minimum Gasteiger partial charge on any atom is -0.497 e. The Morgan fingerprint density at radius 2 is 2.00 bits per heavy atom. The normalized spacial score (nSPS) is 13.6. The van der Waals surface area contributed by atoms with Crippen LogP contribution in [-0.2, 0) is 24.3 Å². The molecule has 0 bridgehead atoms. The van der Waals surface area contributed by atoms with Gasteiger partial charge in [0, 0.05) is 25.6 Å². The summed E-state index contributed by atoms with van der Waals surface area (Å²) in [5.74, 6) is 0.137. The molecule has 0 atom stereocenters. The van der Waals surface area contributed by atoms with Gasteiger partial charge in [0.25, 0.3) is 5.91 Å². The summed E-state index contributed by atoms with van der Waals surface area (Å²) in [6.45, 7) is 1.74. The molecule has 1 aliphatic rings. The topological polar surface area (TPSA) is 93.9 Å². The van der Waals surface area contributed by atoms with Crippen LogP contribution >= 0.6 is 0 Å². The average Bonchev–Trinajstić information content (AvgIpc) is 2.95. The predicted molar refractivity (Wildman–Crippen MR) is 97.1 cm³/mol. The van der Waals surface area contributed by atoms with Crippen LogP contribution in [0, 0.1) is 0 Å². The molecule has 1 aromatic carbocycles. The Morgan fingerprint density at radius 1 is 1.19 bits per heavy atom. The van der Waals surface area contributed by atoms with Crippen LogP contribution in [0.2, 0.25) is 0 Å². The lowest BCUT2D eigenvalue weighted by Crippen LogP contribution is -2.31. The first-order valence-electron chi connectivity index (χ1n) is 8.80. The highest BCUT2D eigenvalue weighted by atomic mass is 16.5. The highest BCUT2D eigenvalue weighted by Gasteiger charge is 2.24. The summed E-state index contributed by atoms with van der Waals surface area (Å²) >= 11 is 0. The maximum atomic E-state index is 13.1. The fourth-order valence-corrected chi connectivity index (χ4v) is 3.20. The molecular formula is C19H23N3O5. The number of methoxy groups -OCH3 is 2. The van der Waals surface area contributed by atoms with E-state index in [9.17, 15) is 9.59 Å². The zero-order valence-corrected chi connectivity index (χ0v) is 15.5. The number of ether oxygens (including phenoxy) is 2. The van der Waals surface area contributed by atoms with E-state index in [0.717, 1.165) is 17.8 Å². The molecule has 144 valence electrons. The number of carbonyl (C=O) groups is 2. The highest BCUT2D eigenvalue weighted by molar-refractivity contribution is 5.97. The van der Waals surface area contributed by atoms with Gasteiger partial charge in [0.15, 0.2) is 0 Å². The van der Waals surface area contributed by atoms with Crippen molar-refractivity contribution in [1.29, 1.82) is 0 Å². The second-order valence-electron chi connectivity index (χ2n) is 6.39. The molecule has 0 saturated heterocycles. The predicted octanol–water partition coefficient (Wildman–Crippen LogP) is 1.96. The number of benzene rings is 1. The van der Waals surface area contributed by atoms with Crippen molar-refractivity contribution in [2.75, 3.05) is 20.8 Å². The van der Waals surface area contributed by atoms with E-state index in [2.05, 4.69) is 5.10 Å². The first-order valence-corrected chi connectivity index (χ1v) is 8.80. The molecule has 2 aromatic rings. The zero-order valence-electron chi connectivity index (χ0n) is 15.5. The number of carboxylic acid groups (broad SMARTS) is 1. The number of fused-ring (bicyclic) bond motifs is 1. The lowest BCUT2D eigenvalue weighted by atomic mass is 10.1. The van der Waals surface area contributed by atoms with Crippen LogP contribution in [0.15, 0.2) is 24.3 Å². The van der Waals surface area contributed by atoms with Gasteiger partial charge in [-0.15, -0.1) is 0 Å². The van der Waals surface area contributed by atoms with Crippen LogP contribution in [0.5, 0.6) is 11.5 Å². The number of amides is 1. The first kappa shape index (κ1) is 18.8. The molecular weight excluding hydrogens is 350 g/mol. The third-order valence-electron chi connectivity index (χ3n) is 4.59.